The molecular formula is C24H26O10. The minimum atomic E-state index is -1.12. The number of hydrogen-bond acceptors (Lipinski definition) is 10. The van der Waals surface area contributed by atoms with E-state index in [1.165, 1.54) is 0 Å². The predicted octanol–water partition coefficient (Wildman–Crippen LogP) is 5.01. The van der Waals surface area contributed by atoms with Crippen LogP contribution < -0.4 is 0 Å². The van der Waals surface area contributed by atoms with Crippen LogP contribution in [0, 0.1) is 13.8 Å². The van der Waals surface area contributed by atoms with E-state index in [-0.39, 0.29) is 24.3 Å². The summed E-state index contributed by atoms with van der Waals surface area (Å²) in [4.78, 5) is 63.8. The van der Waals surface area contributed by atoms with Crippen LogP contribution in [0.25, 0.3) is 0 Å². The van der Waals surface area contributed by atoms with Gasteiger partial charge in [0.25, 0.3) is 0 Å². The van der Waals surface area contributed by atoms with Gasteiger partial charge in [-0.3, -0.25) is 0 Å². The van der Waals surface area contributed by atoms with Crippen molar-refractivity contribution in [3.63, 3.8) is 0 Å². The maximum atomic E-state index is 11.7. The van der Waals surface area contributed by atoms with Crippen LogP contribution >= 0.6 is 0 Å². The molecule has 2 rings (SSSR count). The van der Waals surface area contributed by atoms with Crippen molar-refractivity contribution in [2.75, 3.05) is 13.2 Å². The third-order valence-electron chi connectivity index (χ3n) is 4.42. The Labute approximate surface area is 196 Å². The molecule has 0 bridgehead atoms. The van der Waals surface area contributed by atoms with Gasteiger partial charge >= 0.3 is 24.2 Å². The lowest BCUT2D eigenvalue weighted by molar-refractivity contribution is -0.203. The highest BCUT2D eigenvalue weighted by atomic mass is 17.2. The lowest BCUT2D eigenvalue weighted by Crippen LogP contribution is -2.14. The zero-order chi connectivity index (χ0) is 24.8. The van der Waals surface area contributed by atoms with Crippen LogP contribution in [0.5, 0.6) is 0 Å². The first-order valence-corrected chi connectivity index (χ1v) is 10.6. The van der Waals surface area contributed by atoms with Crippen molar-refractivity contribution in [2.24, 2.45) is 0 Å². The normalized spacial score (nSPS) is 10.1. The van der Waals surface area contributed by atoms with E-state index >= 15 is 0 Å². The fraction of sp³-hybridized carbons (Fsp3) is 0.333. The molecule has 0 aliphatic heterocycles. The van der Waals surface area contributed by atoms with E-state index in [9.17, 15) is 19.2 Å². The van der Waals surface area contributed by atoms with Gasteiger partial charge in [0.1, 0.15) is 0 Å². The zero-order valence-electron chi connectivity index (χ0n) is 18.9. The van der Waals surface area contributed by atoms with Gasteiger partial charge < -0.3 is 9.47 Å². The quantitative estimate of drug-likeness (QED) is 0.212. The second-order valence-corrected chi connectivity index (χ2v) is 7.25. The third-order valence-corrected chi connectivity index (χ3v) is 4.42. The average molecular weight is 474 g/mol. The molecule has 0 fully saturated rings. The molecule has 0 aliphatic rings. The molecule has 0 atom stereocenters. The molecule has 0 saturated heterocycles. The van der Waals surface area contributed by atoms with Crippen LogP contribution in [-0.4, -0.2) is 37.5 Å². The predicted molar refractivity (Wildman–Crippen MR) is 117 cm³/mol. The molecule has 0 spiro atoms. The molecule has 0 amide bonds. The minimum absolute atomic E-state index is 0.0682. The van der Waals surface area contributed by atoms with Crippen molar-refractivity contribution in [1.29, 1.82) is 0 Å². The first-order chi connectivity index (χ1) is 16.3. The van der Waals surface area contributed by atoms with E-state index in [1.54, 1.807) is 48.5 Å². The molecule has 10 nitrogen and oxygen atoms in total. The summed E-state index contributed by atoms with van der Waals surface area (Å²) in [5, 5.41) is 0. The Hall–Kier alpha value is -4.08. The van der Waals surface area contributed by atoms with Crippen molar-refractivity contribution in [2.45, 2.75) is 39.5 Å². The summed E-state index contributed by atoms with van der Waals surface area (Å²) in [5.41, 5.74) is 2.44. The van der Waals surface area contributed by atoms with Crippen molar-refractivity contribution in [3.05, 3.63) is 70.8 Å². The van der Waals surface area contributed by atoms with Crippen LogP contribution in [0.15, 0.2) is 48.5 Å². The topological polar surface area (TPSA) is 124 Å². The van der Waals surface area contributed by atoms with Gasteiger partial charge in [0, 0.05) is 0 Å². The van der Waals surface area contributed by atoms with Crippen LogP contribution in [0.3, 0.4) is 0 Å². The van der Waals surface area contributed by atoms with Crippen LogP contribution in [0.1, 0.15) is 57.5 Å². The number of aryl methyl sites for hydroxylation is 2. The second kappa shape index (κ2) is 14.1. The van der Waals surface area contributed by atoms with E-state index < -0.39 is 24.2 Å². The Bertz CT molecular complexity index is 871. The van der Waals surface area contributed by atoms with Crippen molar-refractivity contribution in [1.82, 2.24) is 0 Å². The maximum absolute atomic E-state index is 11.7. The fourth-order valence-electron chi connectivity index (χ4n) is 2.54. The van der Waals surface area contributed by atoms with Crippen molar-refractivity contribution in [3.8, 4) is 0 Å². The molecule has 0 aliphatic carbocycles. The maximum Gasteiger partial charge on any atom is 0.549 e. The van der Waals surface area contributed by atoms with E-state index in [4.69, 9.17) is 9.47 Å². The molecular weight excluding hydrogens is 448 g/mol. The Morgan fingerprint density at radius 2 is 0.882 bits per heavy atom. The molecule has 34 heavy (non-hydrogen) atoms. The number of hydrogen-bond donors (Lipinski definition) is 0. The third kappa shape index (κ3) is 10.0. The fourth-order valence-corrected chi connectivity index (χ4v) is 2.54. The summed E-state index contributed by atoms with van der Waals surface area (Å²) in [7, 11) is 0. The zero-order valence-corrected chi connectivity index (χ0v) is 18.9. The lowest BCUT2D eigenvalue weighted by Gasteiger charge is -2.06. The Morgan fingerprint density at radius 3 is 1.24 bits per heavy atom. The molecule has 2 aromatic rings. The summed E-state index contributed by atoms with van der Waals surface area (Å²) in [6, 6.07) is 13.1. The highest BCUT2D eigenvalue weighted by molar-refractivity contribution is 5.89. The van der Waals surface area contributed by atoms with Gasteiger partial charge in [0.05, 0.1) is 24.3 Å². The number of unbranched alkanes of at least 4 members (excludes halogenated alkanes) is 3. The monoisotopic (exact) mass is 474 g/mol. The first kappa shape index (κ1) is 26.2. The molecule has 0 unspecified atom stereocenters. The molecule has 10 heteroatoms. The van der Waals surface area contributed by atoms with Gasteiger partial charge in [-0.25, -0.2) is 29.1 Å². The molecule has 2 aromatic carbocycles. The SMILES string of the molecule is Cc1ccc(C(=O)OOC(=O)OCCCCCCOC(=O)OOC(=O)c2ccc(C)cc2)cc1. The minimum Gasteiger partial charge on any atom is -0.432 e. The van der Waals surface area contributed by atoms with Crippen molar-refractivity contribution < 1.29 is 48.2 Å². The number of carbonyl (C=O) groups excluding carboxylic acids is 4. The Morgan fingerprint density at radius 1 is 0.529 bits per heavy atom. The number of benzene rings is 2. The number of ether oxygens (including phenoxy) is 2. The van der Waals surface area contributed by atoms with Crippen molar-refractivity contribution >= 4 is 24.2 Å². The van der Waals surface area contributed by atoms with Gasteiger partial charge in [0.2, 0.25) is 0 Å². The van der Waals surface area contributed by atoms with Crippen LogP contribution in [0.4, 0.5) is 9.59 Å². The lowest BCUT2D eigenvalue weighted by atomic mass is 10.2. The van der Waals surface area contributed by atoms with E-state index in [2.05, 4.69) is 19.6 Å². The standard InChI is InChI=1S/C24H26O10/c1-17-7-11-19(12-8-17)21(25)31-33-23(27)29-15-5-3-4-6-16-30-24(28)34-32-22(26)20-13-9-18(2)10-14-20/h7-14H,3-6,15-16H2,1-2H3. The van der Waals surface area contributed by atoms with Gasteiger partial charge in [-0.05, 0) is 63.8 Å². The summed E-state index contributed by atoms with van der Waals surface area (Å²) in [6.07, 6.45) is 0.173. The average Bonchev–Trinajstić information content (AvgIpc) is 2.83. The summed E-state index contributed by atoms with van der Waals surface area (Å²) >= 11 is 0. The summed E-state index contributed by atoms with van der Waals surface area (Å²) in [6.45, 7) is 3.88. The largest absolute Gasteiger partial charge is 0.549 e. The molecule has 0 N–H and O–H groups in total. The molecule has 0 radical (unpaired) electrons. The van der Waals surface area contributed by atoms with E-state index in [0.29, 0.717) is 25.7 Å². The Balaban J connectivity index is 1.44. The van der Waals surface area contributed by atoms with Gasteiger partial charge in [-0.15, -0.1) is 0 Å². The van der Waals surface area contributed by atoms with Gasteiger partial charge in [-0.1, -0.05) is 35.4 Å². The smallest absolute Gasteiger partial charge is 0.432 e. The molecule has 182 valence electrons. The van der Waals surface area contributed by atoms with Gasteiger partial charge in [-0.2, -0.15) is 9.59 Å². The van der Waals surface area contributed by atoms with E-state index in [1.807, 2.05) is 13.8 Å². The second-order valence-electron chi connectivity index (χ2n) is 7.25. The number of carbonyl (C=O) groups is 4. The van der Waals surface area contributed by atoms with Crippen LogP contribution in [-0.2, 0) is 29.0 Å². The van der Waals surface area contributed by atoms with Gasteiger partial charge in [0.15, 0.2) is 0 Å². The molecule has 0 heterocycles. The Kier molecular flexibility index (Phi) is 10.9. The molecule has 0 aromatic heterocycles. The molecule has 0 saturated carbocycles. The van der Waals surface area contributed by atoms with E-state index in [0.717, 1.165) is 11.1 Å². The highest BCUT2D eigenvalue weighted by Gasteiger charge is 2.14. The highest BCUT2D eigenvalue weighted by Crippen LogP contribution is 2.07. The van der Waals surface area contributed by atoms with Crippen LogP contribution in [0.2, 0.25) is 0 Å². The number of rotatable bonds is 9. The first-order valence-electron chi connectivity index (χ1n) is 10.6. The summed E-state index contributed by atoms with van der Waals surface area (Å²) in [5.74, 6) is -1.61. The summed E-state index contributed by atoms with van der Waals surface area (Å²) < 4.78 is 9.59.